The summed E-state index contributed by atoms with van der Waals surface area (Å²) in [5.74, 6) is 1.01. The van der Waals surface area contributed by atoms with Crippen LogP contribution in [0.25, 0.3) is 0 Å². The number of carbonyl (C=O) groups excluding carboxylic acids is 2. The summed E-state index contributed by atoms with van der Waals surface area (Å²) < 4.78 is 16.9. The number of benzene rings is 4. The molecule has 1 aliphatic heterocycles. The molecule has 0 spiro atoms. The van der Waals surface area contributed by atoms with E-state index in [-0.39, 0.29) is 24.0 Å². The molecule has 0 amide bonds. The van der Waals surface area contributed by atoms with Crippen LogP contribution in [-0.2, 0) is 10.2 Å². The Morgan fingerprint density at radius 3 is 1.76 bits per heavy atom. The van der Waals surface area contributed by atoms with Gasteiger partial charge in [-0.25, -0.2) is 0 Å². The van der Waals surface area contributed by atoms with Crippen molar-refractivity contribution < 1.29 is 23.8 Å². The Bertz CT molecular complexity index is 1550. The van der Waals surface area contributed by atoms with Crippen LogP contribution in [-0.4, -0.2) is 38.9 Å². The van der Waals surface area contributed by atoms with Crippen LogP contribution in [0.15, 0.2) is 115 Å². The van der Waals surface area contributed by atoms with E-state index in [2.05, 4.69) is 0 Å². The third kappa shape index (κ3) is 4.10. The van der Waals surface area contributed by atoms with Gasteiger partial charge in [0, 0.05) is 53.5 Å². The highest BCUT2D eigenvalue weighted by molar-refractivity contribution is 6.12. The van der Waals surface area contributed by atoms with Crippen molar-refractivity contribution in [1.29, 1.82) is 0 Å². The Morgan fingerprint density at radius 1 is 0.756 bits per heavy atom. The molecule has 0 unspecified atom stereocenters. The van der Waals surface area contributed by atoms with Crippen LogP contribution < -0.4 is 19.1 Å². The van der Waals surface area contributed by atoms with Gasteiger partial charge in [-0.2, -0.15) is 0 Å². The van der Waals surface area contributed by atoms with Crippen molar-refractivity contribution in [3.63, 3.8) is 0 Å². The maximum absolute atomic E-state index is 14.5. The monoisotopic (exact) mass is 545 g/mol. The van der Waals surface area contributed by atoms with Gasteiger partial charge in [0.2, 0.25) is 5.75 Å². The lowest BCUT2D eigenvalue weighted by Gasteiger charge is -2.36. The number of ether oxygens (including phenoxy) is 3. The Balaban J connectivity index is 1.60. The molecular weight excluding hydrogens is 514 g/mol. The number of fused-ring (bicyclic) bond motifs is 1. The zero-order valence-electron chi connectivity index (χ0n) is 23.2. The number of anilines is 1. The van der Waals surface area contributed by atoms with E-state index in [0.29, 0.717) is 28.4 Å². The zero-order chi connectivity index (χ0) is 28.6. The second-order valence-electron chi connectivity index (χ2n) is 10.3. The number of nitrogens with zero attached hydrogens (tertiary/aromatic N) is 1. The van der Waals surface area contributed by atoms with Gasteiger partial charge in [0.05, 0.1) is 26.7 Å². The first-order valence-electron chi connectivity index (χ1n) is 13.6. The third-order valence-electron chi connectivity index (χ3n) is 8.36. The van der Waals surface area contributed by atoms with Crippen LogP contribution in [0.5, 0.6) is 17.2 Å². The molecule has 0 radical (unpaired) electrons. The number of carbonyl (C=O) groups is 2. The average Bonchev–Trinajstić information content (AvgIpc) is 3.55. The molecule has 0 aromatic heterocycles. The number of methoxy groups -OCH3 is 3. The van der Waals surface area contributed by atoms with Crippen LogP contribution >= 0.6 is 0 Å². The van der Waals surface area contributed by atoms with Gasteiger partial charge in [-0.05, 0) is 11.1 Å². The summed E-state index contributed by atoms with van der Waals surface area (Å²) in [7, 11) is 4.71. The molecule has 0 N–H and O–H groups in total. The fraction of sp³-hybridized carbons (Fsp3) is 0.200. The number of rotatable bonds is 8. The predicted molar refractivity (Wildman–Crippen MR) is 158 cm³/mol. The SMILES string of the molecule is COc1cc(N2C=C(C(=O)c3ccccc3)[C@H]3[C@@H]2CC(=O)C3(c2ccccc2)c2ccccc2)cc(OC)c1OC. The molecule has 6 heteroatoms. The molecule has 1 heterocycles. The van der Waals surface area contributed by atoms with Crippen LogP contribution in [0.3, 0.4) is 0 Å². The van der Waals surface area contributed by atoms with Gasteiger partial charge in [0.1, 0.15) is 0 Å². The summed E-state index contributed by atoms with van der Waals surface area (Å²) in [6, 6.07) is 32.4. The molecule has 1 aliphatic carbocycles. The highest BCUT2D eigenvalue weighted by atomic mass is 16.5. The maximum atomic E-state index is 14.5. The summed E-state index contributed by atoms with van der Waals surface area (Å²) in [6.45, 7) is 0. The first kappa shape index (κ1) is 26.4. The Kier molecular flexibility index (Phi) is 6.83. The molecule has 2 aliphatic rings. The molecular formula is C35H31NO5. The highest BCUT2D eigenvalue weighted by Crippen LogP contribution is 2.57. The fourth-order valence-electron chi connectivity index (χ4n) is 6.64. The van der Waals surface area contributed by atoms with Gasteiger partial charge in [-0.15, -0.1) is 0 Å². The quantitative estimate of drug-likeness (QED) is 0.244. The van der Waals surface area contributed by atoms with E-state index in [1.54, 1.807) is 21.3 Å². The molecule has 0 bridgehead atoms. The molecule has 4 aromatic carbocycles. The predicted octanol–water partition coefficient (Wildman–Crippen LogP) is 6.24. The van der Waals surface area contributed by atoms with E-state index < -0.39 is 11.3 Å². The molecule has 2 atom stereocenters. The molecule has 1 fully saturated rings. The van der Waals surface area contributed by atoms with Crippen molar-refractivity contribution in [1.82, 2.24) is 0 Å². The maximum Gasteiger partial charge on any atom is 0.203 e. The smallest absolute Gasteiger partial charge is 0.203 e. The largest absolute Gasteiger partial charge is 0.493 e. The number of hydrogen-bond acceptors (Lipinski definition) is 6. The van der Waals surface area contributed by atoms with Crippen molar-refractivity contribution in [2.75, 3.05) is 26.2 Å². The van der Waals surface area contributed by atoms with E-state index in [9.17, 15) is 9.59 Å². The highest BCUT2D eigenvalue weighted by Gasteiger charge is 2.62. The topological polar surface area (TPSA) is 65.1 Å². The standard InChI is InChI=1S/C35H31NO5/c1-39-29-19-26(20-30(40-2)34(29)41-3)36-22-27(33(38)23-13-7-4-8-14-23)32-28(36)21-31(37)35(32,24-15-9-5-10-16-24)25-17-11-6-12-18-25/h4-20,22,28,32H,21H2,1-3H3/t28-,32-/m0/s1. The lowest BCUT2D eigenvalue weighted by molar-refractivity contribution is -0.121. The minimum absolute atomic E-state index is 0.0776. The van der Waals surface area contributed by atoms with Gasteiger partial charge in [-0.3, -0.25) is 9.59 Å². The van der Waals surface area contributed by atoms with Crippen LogP contribution in [0.2, 0.25) is 0 Å². The van der Waals surface area contributed by atoms with Crippen molar-refractivity contribution in [2.45, 2.75) is 17.9 Å². The van der Waals surface area contributed by atoms with E-state index >= 15 is 0 Å². The van der Waals surface area contributed by atoms with Gasteiger partial charge in [0.15, 0.2) is 23.1 Å². The summed E-state index contributed by atoms with van der Waals surface area (Å²) >= 11 is 0. The summed E-state index contributed by atoms with van der Waals surface area (Å²) in [5.41, 5.74) is 2.63. The van der Waals surface area contributed by atoms with E-state index in [1.807, 2.05) is 114 Å². The zero-order valence-corrected chi connectivity index (χ0v) is 23.2. The van der Waals surface area contributed by atoms with E-state index in [1.165, 1.54) is 0 Å². The third-order valence-corrected chi connectivity index (χ3v) is 8.36. The Labute approximate surface area is 239 Å². The van der Waals surface area contributed by atoms with Gasteiger partial charge in [0.25, 0.3) is 0 Å². The lowest BCUT2D eigenvalue weighted by atomic mass is 9.64. The number of hydrogen-bond donors (Lipinski definition) is 0. The minimum atomic E-state index is -1.04. The van der Waals surface area contributed by atoms with Crippen molar-refractivity contribution in [2.24, 2.45) is 5.92 Å². The first-order valence-corrected chi connectivity index (χ1v) is 13.6. The van der Waals surface area contributed by atoms with Gasteiger partial charge in [-0.1, -0.05) is 91.0 Å². The van der Waals surface area contributed by atoms with Gasteiger partial charge < -0.3 is 19.1 Å². The summed E-state index contributed by atoms with van der Waals surface area (Å²) in [6.07, 6.45) is 2.17. The second-order valence-corrected chi connectivity index (χ2v) is 10.3. The summed E-state index contributed by atoms with van der Waals surface area (Å²) in [5, 5.41) is 0. The minimum Gasteiger partial charge on any atom is -0.493 e. The molecule has 6 nitrogen and oxygen atoms in total. The normalized spacial score (nSPS) is 19.0. The molecule has 0 saturated heterocycles. The van der Waals surface area contributed by atoms with Crippen LogP contribution in [0.4, 0.5) is 5.69 Å². The Hall–Kier alpha value is -4.84. The summed E-state index contributed by atoms with van der Waals surface area (Å²) in [4.78, 5) is 30.8. The van der Waals surface area contributed by atoms with Crippen molar-refractivity contribution in [3.05, 3.63) is 132 Å². The van der Waals surface area contributed by atoms with E-state index in [0.717, 1.165) is 16.8 Å². The van der Waals surface area contributed by atoms with Crippen molar-refractivity contribution >= 4 is 17.3 Å². The molecule has 4 aromatic rings. The lowest BCUT2D eigenvalue weighted by Crippen LogP contribution is -2.42. The first-order chi connectivity index (χ1) is 20.0. The molecule has 41 heavy (non-hydrogen) atoms. The van der Waals surface area contributed by atoms with Crippen LogP contribution in [0.1, 0.15) is 27.9 Å². The van der Waals surface area contributed by atoms with Crippen LogP contribution in [0, 0.1) is 5.92 Å². The number of ketones is 2. The average molecular weight is 546 g/mol. The van der Waals surface area contributed by atoms with Gasteiger partial charge >= 0.3 is 0 Å². The van der Waals surface area contributed by atoms with E-state index in [4.69, 9.17) is 14.2 Å². The molecule has 6 rings (SSSR count). The van der Waals surface area contributed by atoms with Crippen molar-refractivity contribution in [3.8, 4) is 17.2 Å². The second kappa shape index (κ2) is 10.6. The Morgan fingerprint density at radius 2 is 1.27 bits per heavy atom. The fourth-order valence-corrected chi connectivity index (χ4v) is 6.64. The molecule has 1 saturated carbocycles. The number of Topliss-reactive ketones (excluding diaryl/α,β-unsaturated/α-hetero) is 2. The molecule has 206 valence electrons.